The lowest BCUT2D eigenvalue weighted by Gasteiger charge is -2.15. The lowest BCUT2D eigenvalue weighted by Crippen LogP contribution is -2.22. The molecule has 1 aromatic carbocycles. The summed E-state index contributed by atoms with van der Waals surface area (Å²) in [4.78, 5) is 10.7. The number of carboxylic acids is 1. The van der Waals surface area contributed by atoms with Gasteiger partial charge in [-0.2, -0.15) is 5.10 Å². The first-order chi connectivity index (χ1) is 8.65. The van der Waals surface area contributed by atoms with Crippen molar-refractivity contribution in [1.82, 2.24) is 9.78 Å². The molecule has 1 atom stereocenters. The van der Waals surface area contributed by atoms with E-state index in [4.69, 9.17) is 5.11 Å². The van der Waals surface area contributed by atoms with Gasteiger partial charge in [-0.05, 0) is 37.3 Å². The average Bonchev–Trinajstić information content (AvgIpc) is 2.82. The van der Waals surface area contributed by atoms with Crippen molar-refractivity contribution in [1.29, 1.82) is 0 Å². The van der Waals surface area contributed by atoms with Crippen LogP contribution in [0.2, 0.25) is 0 Å². The molecule has 0 spiro atoms. The van der Waals surface area contributed by atoms with Crippen LogP contribution in [0.5, 0.6) is 0 Å². The zero-order chi connectivity index (χ0) is 13.0. The van der Waals surface area contributed by atoms with Crippen LogP contribution in [-0.4, -0.2) is 26.9 Å². The summed E-state index contributed by atoms with van der Waals surface area (Å²) in [6.45, 7) is 2.81. The predicted octanol–water partition coefficient (Wildman–Crippen LogP) is 2.08. The minimum absolute atomic E-state index is 0.209. The average molecular weight is 245 g/mol. The maximum Gasteiger partial charge on any atom is 0.335 e. The maximum atomic E-state index is 10.7. The first kappa shape index (κ1) is 12.2. The molecule has 18 heavy (non-hydrogen) atoms. The van der Waals surface area contributed by atoms with E-state index in [-0.39, 0.29) is 6.04 Å². The van der Waals surface area contributed by atoms with E-state index in [9.17, 15) is 4.79 Å². The Bertz CT molecular complexity index is 506. The molecule has 0 radical (unpaired) electrons. The molecule has 0 saturated heterocycles. The summed E-state index contributed by atoms with van der Waals surface area (Å²) in [5.74, 6) is -0.911. The Morgan fingerprint density at radius 1 is 1.44 bits per heavy atom. The highest BCUT2D eigenvalue weighted by Gasteiger charge is 2.05. The van der Waals surface area contributed by atoms with Gasteiger partial charge in [0.1, 0.15) is 0 Å². The number of carbonyl (C=O) groups is 1. The van der Waals surface area contributed by atoms with Crippen molar-refractivity contribution in [3.05, 3.63) is 48.3 Å². The van der Waals surface area contributed by atoms with Crippen molar-refractivity contribution in [3.8, 4) is 0 Å². The van der Waals surface area contributed by atoms with E-state index in [1.165, 1.54) is 0 Å². The second-order valence-electron chi connectivity index (χ2n) is 4.16. The quantitative estimate of drug-likeness (QED) is 0.846. The van der Waals surface area contributed by atoms with Crippen molar-refractivity contribution in [2.24, 2.45) is 0 Å². The van der Waals surface area contributed by atoms with Crippen molar-refractivity contribution < 1.29 is 9.90 Å². The number of carboxylic acid groups (broad SMARTS) is 1. The number of benzene rings is 1. The Hall–Kier alpha value is -2.30. The maximum absolute atomic E-state index is 10.7. The van der Waals surface area contributed by atoms with Gasteiger partial charge in [0.05, 0.1) is 12.1 Å². The predicted molar refractivity (Wildman–Crippen MR) is 68.7 cm³/mol. The third-order valence-electron chi connectivity index (χ3n) is 2.57. The van der Waals surface area contributed by atoms with Crippen LogP contribution < -0.4 is 5.32 Å². The molecule has 0 fully saturated rings. The molecule has 0 saturated carbocycles. The fraction of sp³-hybridized carbons (Fsp3) is 0.231. The lowest BCUT2D eigenvalue weighted by molar-refractivity contribution is 0.0697. The normalized spacial score (nSPS) is 12.1. The number of nitrogens with zero attached hydrogens (tertiary/aromatic N) is 2. The monoisotopic (exact) mass is 245 g/mol. The molecule has 0 aliphatic heterocycles. The molecule has 2 rings (SSSR count). The number of nitrogens with one attached hydrogen (secondary N) is 1. The Morgan fingerprint density at radius 2 is 2.17 bits per heavy atom. The van der Waals surface area contributed by atoms with Crippen molar-refractivity contribution in [3.63, 3.8) is 0 Å². The van der Waals surface area contributed by atoms with E-state index in [2.05, 4.69) is 10.4 Å². The summed E-state index contributed by atoms with van der Waals surface area (Å²) in [6.07, 6.45) is 3.65. The summed E-state index contributed by atoms with van der Waals surface area (Å²) in [6, 6.07) is 8.80. The van der Waals surface area contributed by atoms with E-state index >= 15 is 0 Å². The number of rotatable bonds is 5. The highest BCUT2D eigenvalue weighted by Crippen LogP contribution is 2.11. The molecule has 0 aliphatic carbocycles. The third kappa shape index (κ3) is 3.10. The number of anilines is 1. The molecule has 5 nitrogen and oxygen atoms in total. The molecule has 1 unspecified atom stereocenters. The summed E-state index contributed by atoms with van der Waals surface area (Å²) in [7, 11) is 0. The SMILES string of the molecule is CC(Cn1cccn1)Nc1ccc(C(=O)O)cc1. The largest absolute Gasteiger partial charge is 0.478 e. The van der Waals surface area contributed by atoms with E-state index < -0.39 is 5.97 Å². The molecule has 94 valence electrons. The fourth-order valence-electron chi connectivity index (χ4n) is 1.73. The number of aromatic nitrogens is 2. The van der Waals surface area contributed by atoms with Crippen LogP contribution in [0.3, 0.4) is 0 Å². The van der Waals surface area contributed by atoms with Gasteiger partial charge in [-0.15, -0.1) is 0 Å². The van der Waals surface area contributed by atoms with Crippen LogP contribution in [-0.2, 0) is 6.54 Å². The molecule has 1 heterocycles. The molecule has 5 heteroatoms. The van der Waals surface area contributed by atoms with Crippen molar-refractivity contribution in [2.45, 2.75) is 19.5 Å². The van der Waals surface area contributed by atoms with Gasteiger partial charge in [0.15, 0.2) is 0 Å². The van der Waals surface area contributed by atoms with Gasteiger partial charge in [0, 0.05) is 24.1 Å². The van der Waals surface area contributed by atoms with Crippen molar-refractivity contribution >= 4 is 11.7 Å². The Labute approximate surface area is 105 Å². The topological polar surface area (TPSA) is 67.2 Å². The highest BCUT2D eigenvalue weighted by molar-refractivity contribution is 5.87. The minimum atomic E-state index is -0.911. The Balaban J connectivity index is 1.94. The van der Waals surface area contributed by atoms with Gasteiger partial charge in [0.2, 0.25) is 0 Å². The first-order valence-electron chi connectivity index (χ1n) is 5.72. The second kappa shape index (κ2) is 5.35. The molecule has 2 aromatic rings. The highest BCUT2D eigenvalue weighted by atomic mass is 16.4. The van der Waals surface area contributed by atoms with E-state index in [0.717, 1.165) is 12.2 Å². The van der Waals surface area contributed by atoms with Crippen LogP contribution in [0.15, 0.2) is 42.7 Å². The van der Waals surface area contributed by atoms with Gasteiger partial charge >= 0.3 is 5.97 Å². The van der Waals surface area contributed by atoms with Gasteiger partial charge in [-0.25, -0.2) is 4.79 Å². The standard InChI is InChI=1S/C13H15N3O2/c1-10(9-16-8-2-7-14-16)15-12-5-3-11(4-6-12)13(17)18/h2-8,10,15H,9H2,1H3,(H,17,18). The van der Waals surface area contributed by atoms with Crippen LogP contribution in [0, 0.1) is 0 Å². The number of hydrogen-bond donors (Lipinski definition) is 2. The molecule has 2 N–H and O–H groups in total. The lowest BCUT2D eigenvalue weighted by atomic mass is 10.2. The van der Waals surface area contributed by atoms with Gasteiger partial charge in [-0.1, -0.05) is 0 Å². The Morgan fingerprint density at radius 3 is 2.72 bits per heavy atom. The van der Waals surface area contributed by atoms with E-state index in [1.807, 2.05) is 23.9 Å². The molecule has 0 amide bonds. The first-order valence-corrected chi connectivity index (χ1v) is 5.72. The van der Waals surface area contributed by atoms with E-state index in [1.54, 1.807) is 30.5 Å². The number of aromatic carboxylic acids is 1. The van der Waals surface area contributed by atoms with Gasteiger partial charge < -0.3 is 10.4 Å². The molecular weight excluding hydrogens is 230 g/mol. The van der Waals surface area contributed by atoms with Crippen molar-refractivity contribution in [2.75, 3.05) is 5.32 Å². The number of hydrogen-bond acceptors (Lipinski definition) is 3. The molecular formula is C13H15N3O2. The summed E-state index contributed by atoms with van der Waals surface area (Å²) >= 11 is 0. The fourth-order valence-corrected chi connectivity index (χ4v) is 1.73. The van der Waals surface area contributed by atoms with E-state index in [0.29, 0.717) is 5.56 Å². The minimum Gasteiger partial charge on any atom is -0.478 e. The molecule has 0 aliphatic rings. The van der Waals surface area contributed by atoms with Gasteiger partial charge in [0.25, 0.3) is 0 Å². The van der Waals surface area contributed by atoms with Crippen LogP contribution >= 0.6 is 0 Å². The Kier molecular flexibility index (Phi) is 3.62. The van der Waals surface area contributed by atoms with Gasteiger partial charge in [-0.3, -0.25) is 4.68 Å². The summed E-state index contributed by atoms with van der Waals surface area (Å²) < 4.78 is 1.85. The van der Waals surface area contributed by atoms with Crippen LogP contribution in [0.4, 0.5) is 5.69 Å². The zero-order valence-corrected chi connectivity index (χ0v) is 10.1. The van der Waals surface area contributed by atoms with Crippen LogP contribution in [0.1, 0.15) is 17.3 Å². The molecule has 0 bridgehead atoms. The summed E-state index contributed by atoms with van der Waals surface area (Å²) in [5.41, 5.74) is 1.19. The second-order valence-corrected chi connectivity index (χ2v) is 4.16. The molecule has 1 aromatic heterocycles. The van der Waals surface area contributed by atoms with Crippen LogP contribution in [0.25, 0.3) is 0 Å². The zero-order valence-electron chi connectivity index (χ0n) is 10.1. The summed E-state index contributed by atoms with van der Waals surface area (Å²) in [5, 5.41) is 16.2. The smallest absolute Gasteiger partial charge is 0.335 e. The third-order valence-corrected chi connectivity index (χ3v) is 2.57.